The normalized spacial score (nSPS) is 11.6. The molecule has 0 amide bonds. The Morgan fingerprint density at radius 1 is 1.22 bits per heavy atom. The van der Waals surface area contributed by atoms with Gasteiger partial charge in [-0.3, -0.25) is 19.1 Å². The number of carboxylic acid groups (broad SMARTS) is 1. The fraction of sp³-hybridized carbons (Fsp3) is 0.438. The molecule has 1 aromatic rings. The van der Waals surface area contributed by atoms with Gasteiger partial charge >= 0.3 is 11.9 Å². The second-order valence-electron chi connectivity index (χ2n) is 6.33. The first-order valence-corrected chi connectivity index (χ1v) is 10.3. The third kappa shape index (κ3) is 8.31. The van der Waals surface area contributed by atoms with Crippen molar-refractivity contribution in [3.8, 4) is 5.75 Å². The smallest absolute Gasteiger partial charge is 0.323 e. The first kappa shape index (κ1) is 22.8. The van der Waals surface area contributed by atoms with E-state index in [9.17, 15) is 22.8 Å². The number of benzene rings is 1. The van der Waals surface area contributed by atoms with E-state index in [2.05, 4.69) is 4.72 Å². The SMILES string of the molecule is COc1ccc(C(=O)SCC(=O)O)cc1NS(=O)(=O)CC(=O)OC(C)(C)C. The molecular formula is C16H21NO8S2. The van der Waals surface area contributed by atoms with E-state index >= 15 is 0 Å². The molecule has 0 saturated heterocycles. The van der Waals surface area contributed by atoms with Crippen LogP contribution in [0.4, 0.5) is 5.69 Å². The molecule has 2 N–H and O–H groups in total. The predicted octanol–water partition coefficient (Wildman–Crippen LogP) is 1.74. The Hall–Kier alpha value is -2.27. The van der Waals surface area contributed by atoms with Crippen molar-refractivity contribution in [2.75, 3.05) is 23.3 Å². The monoisotopic (exact) mass is 419 g/mol. The van der Waals surface area contributed by atoms with Crippen molar-refractivity contribution in [2.24, 2.45) is 0 Å². The van der Waals surface area contributed by atoms with Gasteiger partial charge in [-0.2, -0.15) is 0 Å². The number of ether oxygens (including phenoxy) is 2. The minimum atomic E-state index is -4.12. The first-order chi connectivity index (χ1) is 12.3. The van der Waals surface area contributed by atoms with Crippen LogP contribution in [0.15, 0.2) is 18.2 Å². The summed E-state index contributed by atoms with van der Waals surface area (Å²) in [6, 6.07) is 3.95. The van der Waals surface area contributed by atoms with E-state index in [0.29, 0.717) is 11.8 Å². The lowest BCUT2D eigenvalue weighted by molar-refractivity contribution is -0.151. The number of carboxylic acids is 1. The summed E-state index contributed by atoms with van der Waals surface area (Å²) in [6.07, 6.45) is 0. The zero-order valence-corrected chi connectivity index (χ0v) is 16.9. The summed E-state index contributed by atoms with van der Waals surface area (Å²) in [4.78, 5) is 34.3. The number of aliphatic carboxylic acids is 1. The highest BCUT2D eigenvalue weighted by atomic mass is 32.2. The van der Waals surface area contributed by atoms with Crippen LogP contribution < -0.4 is 9.46 Å². The number of carbonyl (C=O) groups excluding carboxylic acids is 2. The summed E-state index contributed by atoms with van der Waals surface area (Å²) >= 11 is 0.564. The van der Waals surface area contributed by atoms with Gasteiger partial charge in [0.2, 0.25) is 15.1 Å². The molecule has 1 aromatic carbocycles. The first-order valence-electron chi connectivity index (χ1n) is 7.62. The Bertz CT molecular complexity index is 827. The van der Waals surface area contributed by atoms with Crippen LogP contribution in [-0.4, -0.2) is 54.8 Å². The molecule has 9 nitrogen and oxygen atoms in total. The average molecular weight is 419 g/mol. The van der Waals surface area contributed by atoms with Crippen LogP contribution in [0.1, 0.15) is 31.1 Å². The van der Waals surface area contributed by atoms with Crippen molar-refractivity contribution in [3.05, 3.63) is 23.8 Å². The number of rotatable bonds is 8. The molecule has 0 fully saturated rings. The van der Waals surface area contributed by atoms with Gasteiger partial charge in [-0.05, 0) is 39.0 Å². The number of sulfonamides is 1. The molecule has 0 aliphatic heterocycles. The number of methoxy groups -OCH3 is 1. The van der Waals surface area contributed by atoms with Gasteiger partial charge in [0.15, 0.2) is 5.75 Å². The molecule has 1 rings (SSSR count). The number of thioether (sulfide) groups is 1. The minimum Gasteiger partial charge on any atom is -0.495 e. The molecule has 150 valence electrons. The fourth-order valence-corrected chi connectivity index (χ4v) is 3.34. The maximum absolute atomic E-state index is 12.2. The van der Waals surface area contributed by atoms with Crippen LogP contribution in [0, 0.1) is 0 Å². The van der Waals surface area contributed by atoms with Gasteiger partial charge < -0.3 is 14.6 Å². The van der Waals surface area contributed by atoms with E-state index in [1.54, 1.807) is 20.8 Å². The lowest BCUT2D eigenvalue weighted by atomic mass is 10.2. The van der Waals surface area contributed by atoms with Crippen LogP contribution in [0.5, 0.6) is 5.75 Å². The summed E-state index contributed by atoms with van der Waals surface area (Å²) in [5.74, 6) is -3.30. The number of nitrogens with one attached hydrogen (secondary N) is 1. The Morgan fingerprint density at radius 2 is 1.85 bits per heavy atom. The summed E-state index contributed by atoms with van der Waals surface area (Å²) in [5.41, 5.74) is -0.808. The van der Waals surface area contributed by atoms with E-state index in [4.69, 9.17) is 14.6 Å². The van der Waals surface area contributed by atoms with Crippen molar-refractivity contribution < 1.29 is 37.4 Å². The van der Waals surface area contributed by atoms with E-state index < -0.39 is 44.2 Å². The number of anilines is 1. The second kappa shape index (κ2) is 9.09. The largest absolute Gasteiger partial charge is 0.495 e. The molecule has 0 unspecified atom stereocenters. The second-order valence-corrected chi connectivity index (χ2v) is 9.00. The third-order valence-corrected chi connectivity index (χ3v) is 4.79. The lowest BCUT2D eigenvalue weighted by Gasteiger charge is -2.19. The van der Waals surface area contributed by atoms with Gasteiger partial charge in [-0.25, -0.2) is 8.42 Å². The average Bonchev–Trinajstić information content (AvgIpc) is 2.49. The standard InChI is InChI=1S/C16H21NO8S2/c1-16(2,3)25-14(20)9-27(22,23)17-11-7-10(5-6-12(11)24-4)15(21)26-8-13(18)19/h5-7,17H,8-9H2,1-4H3,(H,18,19). The highest BCUT2D eigenvalue weighted by molar-refractivity contribution is 8.14. The van der Waals surface area contributed by atoms with Crippen LogP contribution in [0.3, 0.4) is 0 Å². The van der Waals surface area contributed by atoms with Gasteiger partial charge in [0.05, 0.1) is 18.6 Å². The van der Waals surface area contributed by atoms with Crippen LogP contribution in [-0.2, 0) is 24.3 Å². The molecular weight excluding hydrogens is 398 g/mol. The maximum Gasteiger partial charge on any atom is 0.323 e. The van der Waals surface area contributed by atoms with Gasteiger partial charge in [0.1, 0.15) is 11.4 Å². The molecule has 0 atom stereocenters. The quantitative estimate of drug-likeness (QED) is 0.604. The fourth-order valence-electron chi connectivity index (χ4n) is 1.86. The molecule has 0 aliphatic carbocycles. The number of hydrogen-bond donors (Lipinski definition) is 2. The Morgan fingerprint density at radius 3 is 2.37 bits per heavy atom. The Labute approximate surface area is 161 Å². The summed E-state index contributed by atoms with van der Waals surface area (Å²) in [5, 5.41) is 8.09. The minimum absolute atomic E-state index is 0.0529. The third-order valence-electron chi connectivity index (χ3n) is 2.76. The molecule has 11 heteroatoms. The van der Waals surface area contributed by atoms with Crippen molar-refractivity contribution in [2.45, 2.75) is 26.4 Å². The Balaban J connectivity index is 3.00. The number of esters is 1. The lowest BCUT2D eigenvalue weighted by Crippen LogP contribution is -2.30. The molecule has 0 heterocycles. The molecule has 27 heavy (non-hydrogen) atoms. The zero-order valence-electron chi connectivity index (χ0n) is 15.3. The van der Waals surface area contributed by atoms with E-state index in [1.807, 2.05) is 0 Å². The Kier molecular flexibility index (Phi) is 7.66. The highest BCUT2D eigenvalue weighted by Crippen LogP contribution is 2.28. The summed E-state index contributed by atoms with van der Waals surface area (Å²) in [6.45, 7) is 4.83. The molecule has 0 spiro atoms. The highest BCUT2D eigenvalue weighted by Gasteiger charge is 2.24. The van der Waals surface area contributed by atoms with Gasteiger partial charge in [-0.15, -0.1) is 0 Å². The van der Waals surface area contributed by atoms with Crippen molar-refractivity contribution in [1.82, 2.24) is 0 Å². The topological polar surface area (TPSA) is 136 Å². The predicted molar refractivity (Wildman–Crippen MR) is 101 cm³/mol. The summed E-state index contributed by atoms with van der Waals surface area (Å²) < 4.78 is 36.7. The molecule has 0 saturated carbocycles. The van der Waals surface area contributed by atoms with Crippen molar-refractivity contribution in [3.63, 3.8) is 0 Å². The molecule has 0 aromatic heterocycles. The van der Waals surface area contributed by atoms with E-state index in [0.717, 1.165) is 0 Å². The molecule has 0 radical (unpaired) electrons. The van der Waals surface area contributed by atoms with E-state index in [-0.39, 0.29) is 17.0 Å². The number of hydrogen-bond acceptors (Lipinski definition) is 8. The van der Waals surface area contributed by atoms with Gasteiger partial charge in [0.25, 0.3) is 0 Å². The van der Waals surface area contributed by atoms with Crippen LogP contribution in [0.2, 0.25) is 0 Å². The molecule has 0 bridgehead atoms. The molecule has 0 aliphatic rings. The van der Waals surface area contributed by atoms with Crippen molar-refractivity contribution in [1.29, 1.82) is 0 Å². The zero-order chi connectivity index (χ0) is 20.8. The van der Waals surface area contributed by atoms with Gasteiger partial charge in [-0.1, -0.05) is 11.8 Å². The number of carbonyl (C=O) groups is 3. The van der Waals surface area contributed by atoms with Gasteiger partial charge in [0, 0.05) is 5.56 Å². The van der Waals surface area contributed by atoms with Crippen LogP contribution >= 0.6 is 11.8 Å². The van der Waals surface area contributed by atoms with Crippen LogP contribution in [0.25, 0.3) is 0 Å². The summed E-state index contributed by atoms with van der Waals surface area (Å²) in [7, 11) is -2.82. The van der Waals surface area contributed by atoms with E-state index in [1.165, 1.54) is 25.3 Å². The van der Waals surface area contributed by atoms with Crippen molar-refractivity contribution >= 4 is 44.5 Å². The maximum atomic E-state index is 12.2.